The molecule has 1 aliphatic heterocycles. The second kappa shape index (κ2) is 14.3. The van der Waals surface area contributed by atoms with Crippen LogP contribution >= 0.6 is 0 Å². The fraction of sp³-hybridized carbons (Fsp3) is 1.00. The number of unbranched alkanes of at least 4 members (excludes halogenated alkanes) is 11. The molecular formula is C22H43N3O2. The lowest BCUT2D eigenvalue weighted by atomic mass is 9.98. The molecule has 1 saturated heterocycles. The highest BCUT2D eigenvalue weighted by Gasteiger charge is 2.43. The first-order valence-corrected chi connectivity index (χ1v) is 11.4. The summed E-state index contributed by atoms with van der Waals surface area (Å²) < 4.78 is 12.1. The van der Waals surface area contributed by atoms with Gasteiger partial charge in [0.1, 0.15) is 0 Å². The molecule has 5 heteroatoms. The van der Waals surface area contributed by atoms with Crippen LogP contribution in [0.3, 0.4) is 0 Å². The van der Waals surface area contributed by atoms with Crippen molar-refractivity contribution in [3.05, 3.63) is 10.4 Å². The molecule has 1 aliphatic rings. The third-order valence-corrected chi connectivity index (χ3v) is 5.56. The number of nitrogens with zero attached hydrogens (tertiary/aromatic N) is 3. The van der Waals surface area contributed by atoms with E-state index in [4.69, 9.17) is 15.0 Å². The van der Waals surface area contributed by atoms with Crippen LogP contribution in [0.1, 0.15) is 118 Å². The molecule has 0 amide bonds. The topological polar surface area (TPSA) is 67.2 Å². The Kier molecular flexibility index (Phi) is 12.8. The van der Waals surface area contributed by atoms with E-state index in [9.17, 15) is 0 Å². The highest BCUT2D eigenvalue weighted by molar-refractivity contribution is 4.90. The summed E-state index contributed by atoms with van der Waals surface area (Å²) in [5.74, 6) is -0.579. The molecule has 0 aromatic rings. The minimum Gasteiger partial charge on any atom is -0.345 e. The third-order valence-electron chi connectivity index (χ3n) is 5.56. The smallest absolute Gasteiger partial charge is 0.163 e. The predicted molar refractivity (Wildman–Crippen MR) is 113 cm³/mol. The molecule has 0 aromatic heterocycles. The van der Waals surface area contributed by atoms with Gasteiger partial charge in [-0.3, -0.25) is 0 Å². The Morgan fingerprint density at radius 2 is 1.37 bits per heavy atom. The van der Waals surface area contributed by atoms with Crippen molar-refractivity contribution < 1.29 is 9.47 Å². The van der Waals surface area contributed by atoms with Crippen LogP contribution in [0.5, 0.6) is 0 Å². The molecule has 1 heterocycles. The van der Waals surface area contributed by atoms with Crippen molar-refractivity contribution in [2.24, 2.45) is 5.11 Å². The van der Waals surface area contributed by atoms with Crippen LogP contribution in [0.2, 0.25) is 0 Å². The molecule has 0 spiro atoms. The summed E-state index contributed by atoms with van der Waals surface area (Å²) in [6.07, 6.45) is 17.9. The Morgan fingerprint density at radius 3 is 1.85 bits per heavy atom. The Hall–Kier alpha value is -0.770. The lowest BCUT2D eigenvalue weighted by Crippen LogP contribution is -2.33. The van der Waals surface area contributed by atoms with Gasteiger partial charge in [0, 0.05) is 4.91 Å². The van der Waals surface area contributed by atoms with Gasteiger partial charge in [0.05, 0.1) is 18.2 Å². The Balaban J connectivity index is 2.13. The van der Waals surface area contributed by atoms with Gasteiger partial charge in [-0.1, -0.05) is 96.0 Å². The molecule has 3 atom stereocenters. The molecule has 5 nitrogen and oxygen atoms in total. The molecule has 0 N–H and O–H groups in total. The molecule has 1 rings (SSSR count). The summed E-state index contributed by atoms with van der Waals surface area (Å²) in [5, 5.41) is 3.93. The van der Waals surface area contributed by atoms with Crippen molar-refractivity contribution in [3.63, 3.8) is 0 Å². The van der Waals surface area contributed by atoms with E-state index in [0.717, 1.165) is 19.3 Å². The molecule has 0 unspecified atom stereocenters. The average molecular weight is 382 g/mol. The first kappa shape index (κ1) is 24.3. The lowest BCUT2D eigenvalue weighted by molar-refractivity contribution is -0.148. The summed E-state index contributed by atoms with van der Waals surface area (Å²) >= 11 is 0. The maximum Gasteiger partial charge on any atom is 0.163 e. The molecule has 0 aromatic carbocycles. The summed E-state index contributed by atoms with van der Waals surface area (Å²) in [6, 6.07) is -0.140. The number of hydrogen-bond donors (Lipinski definition) is 0. The molecule has 158 valence electrons. The van der Waals surface area contributed by atoms with E-state index in [1.807, 2.05) is 20.8 Å². The van der Waals surface area contributed by atoms with Crippen LogP contribution in [0, 0.1) is 0 Å². The van der Waals surface area contributed by atoms with Gasteiger partial charge in [-0.15, -0.1) is 0 Å². The van der Waals surface area contributed by atoms with Crippen LogP contribution in [0.25, 0.3) is 10.4 Å². The van der Waals surface area contributed by atoms with E-state index in [1.165, 1.54) is 70.6 Å². The van der Waals surface area contributed by atoms with Gasteiger partial charge in [0.15, 0.2) is 5.79 Å². The van der Waals surface area contributed by atoms with Gasteiger partial charge in [0.25, 0.3) is 0 Å². The van der Waals surface area contributed by atoms with Crippen LogP contribution in [-0.4, -0.2) is 24.0 Å². The second-order valence-corrected chi connectivity index (χ2v) is 8.50. The number of azide groups is 1. The van der Waals surface area contributed by atoms with Gasteiger partial charge < -0.3 is 9.47 Å². The van der Waals surface area contributed by atoms with E-state index < -0.39 is 5.79 Å². The zero-order valence-corrected chi connectivity index (χ0v) is 18.3. The SMILES string of the molecule is CCCCCCCCCCCCCC[C@H]1OC(C)(C)O[C@H]1[C@H](CC)N=[N+]=[N-]. The maximum absolute atomic E-state index is 8.80. The zero-order valence-electron chi connectivity index (χ0n) is 18.3. The summed E-state index contributed by atoms with van der Waals surface area (Å²) in [7, 11) is 0. The Labute approximate surface area is 167 Å². The number of rotatable bonds is 16. The zero-order chi connectivity index (χ0) is 20.0. The molecule has 0 saturated carbocycles. The van der Waals surface area contributed by atoms with E-state index in [0.29, 0.717) is 0 Å². The maximum atomic E-state index is 8.80. The van der Waals surface area contributed by atoms with Crippen molar-refractivity contribution in [2.45, 2.75) is 142 Å². The number of ether oxygens (including phenoxy) is 2. The van der Waals surface area contributed by atoms with Gasteiger partial charge in [-0.25, -0.2) is 0 Å². The van der Waals surface area contributed by atoms with Gasteiger partial charge >= 0.3 is 0 Å². The van der Waals surface area contributed by atoms with Crippen LogP contribution in [-0.2, 0) is 9.47 Å². The minimum atomic E-state index is -0.579. The highest BCUT2D eigenvalue weighted by Crippen LogP contribution is 2.34. The van der Waals surface area contributed by atoms with Crippen LogP contribution in [0.15, 0.2) is 5.11 Å². The normalized spacial score (nSPS) is 22.5. The van der Waals surface area contributed by atoms with E-state index >= 15 is 0 Å². The molecule has 0 radical (unpaired) electrons. The van der Waals surface area contributed by atoms with E-state index in [2.05, 4.69) is 16.9 Å². The van der Waals surface area contributed by atoms with Gasteiger partial charge in [-0.2, -0.15) is 0 Å². The quantitative estimate of drug-likeness (QED) is 0.119. The first-order valence-electron chi connectivity index (χ1n) is 11.4. The molecule has 27 heavy (non-hydrogen) atoms. The monoisotopic (exact) mass is 381 g/mol. The summed E-state index contributed by atoms with van der Waals surface area (Å²) in [4.78, 5) is 2.99. The Morgan fingerprint density at radius 1 is 0.852 bits per heavy atom. The molecule has 1 fully saturated rings. The fourth-order valence-electron chi connectivity index (χ4n) is 4.05. The second-order valence-electron chi connectivity index (χ2n) is 8.50. The summed E-state index contributed by atoms with van der Waals surface area (Å²) in [5.41, 5.74) is 8.80. The average Bonchev–Trinajstić information content (AvgIpc) is 2.95. The molecule has 0 bridgehead atoms. The summed E-state index contributed by atoms with van der Waals surface area (Å²) in [6.45, 7) is 8.21. The Bertz CT molecular complexity index is 422. The van der Waals surface area contributed by atoms with E-state index in [1.54, 1.807) is 0 Å². The van der Waals surface area contributed by atoms with Gasteiger partial charge in [0.2, 0.25) is 0 Å². The van der Waals surface area contributed by atoms with E-state index in [-0.39, 0.29) is 18.2 Å². The minimum absolute atomic E-state index is 0.0403. The predicted octanol–water partition coefficient (Wildman–Crippen LogP) is 7.69. The number of hydrogen-bond acceptors (Lipinski definition) is 3. The molecule has 0 aliphatic carbocycles. The van der Waals surface area contributed by atoms with Gasteiger partial charge in [-0.05, 0) is 32.2 Å². The standard InChI is InChI=1S/C22H43N3O2/c1-5-7-8-9-10-11-12-13-14-15-16-17-18-20-21(19(6-2)24-25-23)27-22(3,4)26-20/h19-21H,5-18H2,1-4H3/t19-,20+,21-/m0/s1. The van der Waals surface area contributed by atoms with Crippen LogP contribution in [0.4, 0.5) is 0 Å². The van der Waals surface area contributed by atoms with Crippen molar-refractivity contribution in [3.8, 4) is 0 Å². The highest BCUT2D eigenvalue weighted by atomic mass is 16.8. The van der Waals surface area contributed by atoms with Crippen molar-refractivity contribution in [1.29, 1.82) is 0 Å². The first-order chi connectivity index (χ1) is 13.0. The largest absolute Gasteiger partial charge is 0.345 e. The van der Waals surface area contributed by atoms with Crippen LogP contribution < -0.4 is 0 Å². The van der Waals surface area contributed by atoms with Crippen molar-refractivity contribution in [2.75, 3.05) is 0 Å². The molecular weight excluding hydrogens is 338 g/mol. The van der Waals surface area contributed by atoms with Crippen molar-refractivity contribution >= 4 is 0 Å². The van der Waals surface area contributed by atoms with Crippen molar-refractivity contribution in [1.82, 2.24) is 0 Å². The fourth-order valence-corrected chi connectivity index (χ4v) is 4.05. The lowest BCUT2D eigenvalue weighted by Gasteiger charge is -2.21. The third kappa shape index (κ3) is 10.4.